The Morgan fingerprint density at radius 1 is 1.24 bits per heavy atom. The summed E-state index contributed by atoms with van der Waals surface area (Å²) in [5.74, 6) is 1.18. The third-order valence-electron chi connectivity index (χ3n) is 4.04. The van der Waals surface area contributed by atoms with Crippen molar-refractivity contribution >= 4 is 17.7 Å². The van der Waals surface area contributed by atoms with E-state index in [1.54, 1.807) is 11.8 Å². The van der Waals surface area contributed by atoms with Gasteiger partial charge in [0.25, 0.3) is 0 Å². The average Bonchev–Trinajstić information content (AvgIpc) is 2.54. The minimum atomic E-state index is -0.379. The predicted molar refractivity (Wildman–Crippen MR) is 87.4 cm³/mol. The monoisotopic (exact) mass is 307 g/mol. The van der Waals surface area contributed by atoms with Crippen molar-refractivity contribution in [1.29, 1.82) is 0 Å². The topological polar surface area (TPSA) is 49.3 Å². The number of thioether (sulfide) groups is 1. The molecular weight excluding hydrogens is 282 g/mol. The molecule has 1 aliphatic carbocycles. The summed E-state index contributed by atoms with van der Waals surface area (Å²) in [5, 5.41) is 13.0. The molecule has 3 nitrogen and oxygen atoms in total. The van der Waals surface area contributed by atoms with E-state index in [9.17, 15) is 9.90 Å². The SMILES string of the molecule is O=C(CCSc1ccccc1)NC[C@@H](O)C1CCCCC1. The minimum Gasteiger partial charge on any atom is -0.391 e. The summed E-state index contributed by atoms with van der Waals surface area (Å²) in [5.41, 5.74) is 0. The van der Waals surface area contributed by atoms with E-state index in [-0.39, 0.29) is 12.0 Å². The van der Waals surface area contributed by atoms with E-state index >= 15 is 0 Å². The van der Waals surface area contributed by atoms with Crippen LogP contribution in [-0.4, -0.2) is 29.4 Å². The molecule has 2 N–H and O–H groups in total. The first-order valence-electron chi connectivity index (χ1n) is 7.88. The first-order valence-corrected chi connectivity index (χ1v) is 8.87. The first kappa shape index (κ1) is 16.4. The average molecular weight is 307 g/mol. The Bertz CT molecular complexity index is 418. The molecule has 0 saturated heterocycles. The van der Waals surface area contributed by atoms with Crippen LogP contribution in [0.5, 0.6) is 0 Å². The zero-order chi connectivity index (χ0) is 14.9. The molecule has 0 heterocycles. The lowest BCUT2D eigenvalue weighted by Crippen LogP contribution is -2.37. The standard InChI is InChI=1S/C17H25NO2S/c19-16(14-7-3-1-4-8-14)13-18-17(20)11-12-21-15-9-5-2-6-10-15/h2,5-6,9-10,14,16,19H,1,3-4,7-8,11-13H2,(H,18,20)/t16-/m1/s1. The molecule has 2 rings (SSSR count). The lowest BCUT2D eigenvalue weighted by Gasteiger charge is -2.26. The lowest BCUT2D eigenvalue weighted by atomic mass is 9.85. The Kier molecular flexibility index (Phi) is 7.10. The minimum absolute atomic E-state index is 0.0355. The van der Waals surface area contributed by atoms with Crippen LogP contribution in [0.1, 0.15) is 38.5 Å². The highest BCUT2D eigenvalue weighted by atomic mass is 32.2. The van der Waals surface area contributed by atoms with Crippen molar-refractivity contribution in [1.82, 2.24) is 5.32 Å². The maximum absolute atomic E-state index is 11.8. The zero-order valence-corrected chi connectivity index (χ0v) is 13.3. The van der Waals surface area contributed by atoms with Gasteiger partial charge in [0.15, 0.2) is 0 Å². The van der Waals surface area contributed by atoms with E-state index in [0.717, 1.165) is 18.6 Å². The molecule has 1 aromatic carbocycles. The van der Waals surface area contributed by atoms with Gasteiger partial charge in [0.2, 0.25) is 5.91 Å². The second kappa shape index (κ2) is 9.11. The summed E-state index contributed by atoms with van der Waals surface area (Å²) in [4.78, 5) is 13.0. The molecule has 0 radical (unpaired) electrons. The number of carbonyl (C=O) groups is 1. The van der Waals surface area contributed by atoms with Crippen molar-refractivity contribution in [2.24, 2.45) is 5.92 Å². The highest BCUT2D eigenvalue weighted by molar-refractivity contribution is 7.99. The van der Waals surface area contributed by atoms with Crippen molar-refractivity contribution in [2.75, 3.05) is 12.3 Å². The molecule has 116 valence electrons. The van der Waals surface area contributed by atoms with Gasteiger partial charge < -0.3 is 10.4 Å². The summed E-state index contributed by atoms with van der Waals surface area (Å²) < 4.78 is 0. The van der Waals surface area contributed by atoms with Crippen LogP contribution in [0.3, 0.4) is 0 Å². The number of benzene rings is 1. The quantitative estimate of drug-likeness (QED) is 0.760. The lowest BCUT2D eigenvalue weighted by molar-refractivity contribution is -0.121. The number of nitrogens with one attached hydrogen (secondary N) is 1. The van der Waals surface area contributed by atoms with Crippen molar-refractivity contribution < 1.29 is 9.90 Å². The van der Waals surface area contributed by atoms with E-state index in [2.05, 4.69) is 17.4 Å². The van der Waals surface area contributed by atoms with Gasteiger partial charge >= 0.3 is 0 Å². The van der Waals surface area contributed by atoms with Gasteiger partial charge in [0, 0.05) is 23.6 Å². The predicted octanol–water partition coefficient (Wildman–Crippen LogP) is 3.23. The van der Waals surface area contributed by atoms with Crippen LogP contribution in [0, 0.1) is 5.92 Å². The maximum atomic E-state index is 11.8. The first-order chi connectivity index (χ1) is 10.3. The van der Waals surface area contributed by atoms with Crippen LogP contribution in [0.15, 0.2) is 35.2 Å². The molecule has 0 spiro atoms. The second-order valence-electron chi connectivity index (χ2n) is 5.68. The van der Waals surface area contributed by atoms with Gasteiger partial charge in [-0.2, -0.15) is 0 Å². The number of hydrogen-bond acceptors (Lipinski definition) is 3. The van der Waals surface area contributed by atoms with Crippen molar-refractivity contribution in [3.05, 3.63) is 30.3 Å². The molecule has 0 aromatic heterocycles. The smallest absolute Gasteiger partial charge is 0.220 e. The highest BCUT2D eigenvalue weighted by Crippen LogP contribution is 2.26. The molecule has 1 amide bonds. The number of carbonyl (C=O) groups excluding carboxylic acids is 1. The molecule has 0 aliphatic heterocycles. The van der Waals surface area contributed by atoms with E-state index < -0.39 is 0 Å². The fraction of sp³-hybridized carbons (Fsp3) is 0.588. The molecule has 1 fully saturated rings. The molecule has 1 aliphatic rings. The van der Waals surface area contributed by atoms with E-state index in [1.165, 1.54) is 24.2 Å². The van der Waals surface area contributed by atoms with Crippen molar-refractivity contribution in [3.63, 3.8) is 0 Å². The molecule has 1 aromatic rings. The Morgan fingerprint density at radius 3 is 2.67 bits per heavy atom. The number of rotatable bonds is 7. The van der Waals surface area contributed by atoms with Crippen LogP contribution >= 0.6 is 11.8 Å². The Morgan fingerprint density at radius 2 is 1.95 bits per heavy atom. The van der Waals surface area contributed by atoms with Gasteiger partial charge in [0.1, 0.15) is 0 Å². The van der Waals surface area contributed by atoms with Gasteiger partial charge in [-0.1, -0.05) is 37.5 Å². The maximum Gasteiger partial charge on any atom is 0.220 e. The molecule has 1 saturated carbocycles. The third-order valence-corrected chi connectivity index (χ3v) is 5.06. The second-order valence-corrected chi connectivity index (χ2v) is 6.85. The summed E-state index contributed by atoms with van der Waals surface area (Å²) in [6.07, 6.45) is 6.02. The zero-order valence-electron chi connectivity index (χ0n) is 12.5. The van der Waals surface area contributed by atoms with Gasteiger partial charge in [-0.15, -0.1) is 11.8 Å². The van der Waals surface area contributed by atoms with Gasteiger partial charge in [0.05, 0.1) is 6.10 Å². The fourth-order valence-corrected chi connectivity index (χ4v) is 3.64. The molecule has 21 heavy (non-hydrogen) atoms. The van der Waals surface area contributed by atoms with Crippen LogP contribution in [0.4, 0.5) is 0 Å². The Hall–Kier alpha value is -1.00. The van der Waals surface area contributed by atoms with Gasteiger partial charge in [-0.3, -0.25) is 4.79 Å². The summed E-state index contributed by atoms with van der Waals surface area (Å²) in [7, 11) is 0. The van der Waals surface area contributed by atoms with Crippen molar-refractivity contribution in [2.45, 2.75) is 49.5 Å². The van der Waals surface area contributed by atoms with Crippen LogP contribution in [0.2, 0.25) is 0 Å². The Labute approximate surface area is 131 Å². The van der Waals surface area contributed by atoms with Crippen LogP contribution < -0.4 is 5.32 Å². The molecular formula is C17H25NO2S. The van der Waals surface area contributed by atoms with Crippen LogP contribution in [-0.2, 0) is 4.79 Å². The highest BCUT2D eigenvalue weighted by Gasteiger charge is 2.21. The summed E-state index contributed by atoms with van der Waals surface area (Å²) in [6.45, 7) is 0.402. The fourth-order valence-electron chi connectivity index (χ4n) is 2.77. The summed E-state index contributed by atoms with van der Waals surface area (Å²) >= 11 is 1.69. The van der Waals surface area contributed by atoms with E-state index in [0.29, 0.717) is 18.9 Å². The molecule has 0 unspecified atom stereocenters. The van der Waals surface area contributed by atoms with Crippen molar-refractivity contribution in [3.8, 4) is 0 Å². The molecule has 1 atom stereocenters. The van der Waals surface area contributed by atoms with Gasteiger partial charge in [-0.25, -0.2) is 0 Å². The van der Waals surface area contributed by atoms with E-state index in [4.69, 9.17) is 0 Å². The largest absolute Gasteiger partial charge is 0.391 e. The number of amides is 1. The number of aliphatic hydroxyl groups excluding tert-OH is 1. The third kappa shape index (κ3) is 6.10. The number of hydrogen-bond donors (Lipinski definition) is 2. The van der Waals surface area contributed by atoms with E-state index in [1.807, 2.05) is 18.2 Å². The number of aliphatic hydroxyl groups is 1. The summed E-state index contributed by atoms with van der Waals surface area (Å²) in [6, 6.07) is 10.1. The normalized spacial score (nSPS) is 17.4. The molecule has 4 heteroatoms. The molecule has 0 bridgehead atoms. The Balaban J connectivity index is 1.58. The van der Waals surface area contributed by atoms with Gasteiger partial charge in [-0.05, 0) is 30.9 Å². The van der Waals surface area contributed by atoms with Crippen LogP contribution in [0.25, 0.3) is 0 Å².